The molecule has 1 aliphatic rings. The topological polar surface area (TPSA) is 105 Å². The zero-order valence-electron chi connectivity index (χ0n) is 18.6. The Morgan fingerprint density at radius 1 is 1.12 bits per heavy atom. The highest BCUT2D eigenvalue weighted by molar-refractivity contribution is 7.89. The highest BCUT2D eigenvalue weighted by Crippen LogP contribution is 2.27. The number of methoxy groups -OCH3 is 1. The molecule has 0 radical (unpaired) electrons. The molecule has 2 N–H and O–H groups in total. The van der Waals surface area contributed by atoms with Crippen molar-refractivity contribution in [2.24, 2.45) is 5.92 Å². The van der Waals surface area contributed by atoms with Crippen LogP contribution in [0, 0.1) is 19.8 Å². The Morgan fingerprint density at radius 3 is 2.50 bits per heavy atom. The van der Waals surface area contributed by atoms with Crippen LogP contribution in [0.25, 0.3) is 0 Å². The zero-order valence-corrected chi connectivity index (χ0v) is 19.4. The molecule has 0 bridgehead atoms. The average Bonchev–Trinajstić information content (AvgIpc) is 3.15. The minimum atomic E-state index is -3.62. The van der Waals surface area contributed by atoms with Gasteiger partial charge in [0.1, 0.15) is 0 Å². The van der Waals surface area contributed by atoms with Gasteiger partial charge in [0.25, 0.3) is 0 Å². The normalized spacial score (nSPS) is 16.4. The van der Waals surface area contributed by atoms with Crippen LogP contribution < -0.4 is 14.9 Å². The molecule has 172 valence electrons. The number of carbonyl (C=O) groups excluding carboxylic acids is 2. The molecule has 2 amide bonds. The molecule has 1 fully saturated rings. The zero-order chi connectivity index (χ0) is 23.3. The van der Waals surface area contributed by atoms with Crippen molar-refractivity contribution in [2.75, 3.05) is 37.0 Å². The van der Waals surface area contributed by atoms with Gasteiger partial charge in [0.15, 0.2) is 0 Å². The van der Waals surface area contributed by atoms with Gasteiger partial charge in [0, 0.05) is 44.6 Å². The average molecular weight is 460 g/mol. The number of nitrogens with one attached hydrogen (secondary N) is 2. The van der Waals surface area contributed by atoms with E-state index in [-0.39, 0.29) is 29.7 Å². The van der Waals surface area contributed by atoms with Crippen LogP contribution in [0.15, 0.2) is 47.4 Å². The summed E-state index contributed by atoms with van der Waals surface area (Å²) < 4.78 is 32.0. The van der Waals surface area contributed by atoms with Crippen molar-refractivity contribution in [3.05, 3.63) is 53.6 Å². The van der Waals surface area contributed by atoms with E-state index in [1.54, 1.807) is 24.1 Å². The van der Waals surface area contributed by atoms with Crippen molar-refractivity contribution in [1.82, 2.24) is 4.72 Å². The number of ether oxygens (including phenoxy) is 1. The maximum atomic E-state index is 12.7. The Labute approximate surface area is 189 Å². The lowest BCUT2D eigenvalue weighted by Crippen LogP contribution is -2.28. The minimum Gasteiger partial charge on any atom is -0.385 e. The van der Waals surface area contributed by atoms with Crippen LogP contribution in [0.5, 0.6) is 0 Å². The lowest BCUT2D eigenvalue weighted by Gasteiger charge is -2.18. The Balaban J connectivity index is 1.60. The summed E-state index contributed by atoms with van der Waals surface area (Å²) in [6.45, 7) is 5.06. The van der Waals surface area contributed by atoms with E-state index >= 15 is 0 Å². The number of hydrogen-bond acceptors (Lipinski definition) is 5. The van der Waals surface area contributed by atoms with E-state index in [4.69, 9.17) is 4.74 Å². The van der Waals surface area contributed by atoms with Gasteiger partial charge in [-0.15, -0.1) is 0 Å². The van der Waals surface area contributed by atoms with E-state index in [1.165, 1.54) is 12.1 Å². The second-order valence-electron chi connectivity index (χ2n) is 7.93. The van der Waals surface area contributed by atoms with Crippen LogP contribution in [0.4, 0.5) is 11.4 Å². The van der Waals surface area contributed by atoms with Crippen LogP contribution in [-0.4, -0.2) is 47.0 Å². The molecule has 1 atom stereocenters. The summed E-state index contributed by atoms with van der Waals surface area (Å²) in [6.07, 6.45) is 0.708. The summed E-state index contributed by atoms with van der Waals surface area (Å²) in [5, 5.41) is 2.79. The Bertz CT molecular complexity index is 1080. The predicted octanol–water partition coefficient (Wildman–Crippen LogP) is 2.61. The molecular formula is C23H29N3O5S. The fourth-order valence-corrected chi connectivity index (χ4v) is 4.57. The molecule has 9 heteroatoms. The van der Waals surface area contributed by atoms with E-state index in [0.29, 0.717) is 25.3 Å². The third-order valence-electron chi connectivity index (χ3n) is 5.55. The largest absolute Gasteiger partial charge is 0.385 e. The van der Waals surface area contributed by atoms with Gasteiger partial charge in [-0.2, -0.15) is 0 Å². The molecule has 0 aliphatic carbocycles. The second-order valence-corrected chi connectivity index (χ2v) is 9.70. The molecule has 0 saturated carbocycles. The maximum absolute atomic E-state index is 12.7. The predicted molar refractivity (Wildman–Crippen MR) is 123 cm³/mol. The second kappa shape index (κ2) is 10.2. The molecule has 0 unspecified atom stereocenters. The van der Waals surface area contributed by atoms with E-state index < -0.39 is 15.9 Å². The number of nitrogens with zero attached hydrogens (tertiary/aromatic N) is 1. The molecule has 1 heterocycles. The smallest absolute Gasteiger partial charge is 0.240 e. The van der Waals surface area contributed by atoms with Crippen LogP contribution in [0.3, 0.4) is 0 Å². The quantitative estimate of drug-likeness (QED) is 0.561. The minimum absolute atomic E-state index is 0.0885. The fourth-order valence-electron chi connectivity index (χ4n) is 3.49. The van der Waals surface area contributed by atoms with Gasteiger partial charge >= 0.3 is 0 Å². The number of rotatable bonds is 9. The van der Waals surface area contributed by atoms with Crippen molar-refractivity contribution in [3.63, 3.8) is 0 Å². The van der Waals surface area contributed by atoms with E-state index in [9.17, 15) is 18.0 Å². The Hall–Kier alpha value is -2.75. The van der Waals surface area contributed by atoms with Crippen molar-refractivity contribution in [1.29, 1.82) is 0 Å². The fraction of sp³-hybridized carbons (Fsp3) is 0.391. The third kappa shape index (κ3) is 5.73. The maximum Gasteiger partial charge on any atom is 0.240 e. The standard InChI is InChI=1S/C23H29N3O5S/c1-16-5-8-20(13-17(16)2)26-15-18(14-22(26)27)23(28)25-19-6-9-21(10-7-19)32(29,30)24-11-4-12-31-3/h5-10,13,18,24H,4,11-12,14-15H2,1-3H3,(H,25,28)/t18-/m0/s1. The van der Waals surface area contributed by atoms with Gasteiger partial charge in [0.05, 0.1) is 10.8 Å². The number of sulfonamides is 1. The highest BCUT2D eigenvalue weighted by Gasteiger charge is 2.35. The van der Waals surface area contributed by atoms with Crippen molar-refractivity contribution in [3.8, 4) is 0 Å². The van der Waals surface area contributed by atoms with E-state index in [1.807, 2.05) is 32.0 Å². The van der Waals surface area contributed by atoms with Gasteiger partial charge < -0.3 is 15.0 Å². The SMILES string of the molecule is COCCCNS(=O)(=O)c1ccc(NC(=O)[C@H]2CC(=O)N(c3ccc(C)c(C)c3)C2)cc1. The number of benzene rings is 2. The van der Waals surface area contributed by atoms with Crippen molar-refractivity contribution < 1.29 is 22.7 Å². The lowest BCUT2D eigenvalue weighted by molar-refractivity contribution is -0.122. The molecular weight excluding hydrogens is 430 g/mol. The summed E-state index contributed by atoms with van der Waals surface area (Å²) >= 11 is 0. The van der Waals surface area contributed by atoms with Gasteiger partial charge in [-0.05, 0) is 67.8 Å². The molecule has 2 aromatic carbocycles. The third-order valence-corrected chi connectivity index (χ3v) is 7.02. The van der Waals surface area contributed by atoms with E-state index in [2.05, 4.69) is 10.0 Å². The number of carbonyl (C=O) groups is 2. The first kappa shape index (κ1) is 23.9. The number of anilines is 2. The molecule has 8 nitrogen and oxygen atoms in total. The summed E-state index contributed by atoms with van der Waals surface area (Å²) in [6, 6.07) is 11.8. The summed E-state index contributed by atoms with van der Waals surface area (Å²) in [5.74, 6) is -0.831. The summed E-state index contributed by atoms with van der Waals surface area (Å²) in [4.78, 5) is 27.0. The van der Waals surface area contributed by atoms with Crippen LogP contribution in [0.1, 0.15) is 24.0 Å². The molecule has 1 saturated heterocycles. The molecule has 2 aromatic rings. The Morgan fingerprint density at radius 2 is 1.84 bits per heavy atom. The van der Waals surface area contributed by atoms with Gasteiger partial charge in [-0.3, -0.25) is 9.59 Å². The van der Waals surface area contributed by atoms with Gasteiger partial charge in [-0.25, -0.2) is 13.1 Å². The van der Waals surface area contributed by atoms with Gasteiger partial charge in [0.2, 0.25) is 21.8 Å². The van der Waals surface area contributed by atoms with Crippen molar-refractivity contribution in [2.45, 2.75) is 31.6 Å². The van der Waals surface area contributed by atoms with Crippen LogP contribution in [-0.2, 0) is 24.3 Å². The first-order valence-electron chi connectivity index (χ1n) is 10.5. The number of amides is 2. The van der Waals surface area contributed by atoms with Crippen LogP contribution in [0.2, 0.25) is 0 Å². The summed E-state index contributed by atoms with van der Waals surface area (Å²) in [5.41, 5.74) is 3.50. The molecule has 0 aromatic heterocycles. The van der Waals surface area contributed by atoms with Crippen molar-refractivity contribution >= 4 is 33.2 Å². The first-order chi connectivity index (χ1) is 15.2. The summed E-state index contributed by atoms with van der Waals surface area (Å²) in [7, 11) is -2.06. The number of hydrogen-bond donors (Lipinski definition) is 2. The molecule has 32 heavy (non-hydrogen) atoms. The van der Waals surface area contributed by atoms with Crippen LogP contribution >= 0.6 is 0 Å². The lowest BCUT2D eigenvalue weighted by atomic mass is 10.1. The highest BCUT2D eigenvalue weighted by atomic mass is 32.2. The molecule has 1 aliphatic heterocycles. The monoisotopic (exact) mass is 459 g/mol. The Kier molecular flexibility index (Phi) is 7.65. The van der Waals surface area contributed by atoms with Gasteiger partial charge in [-0.1, -0.05) is 6.07 Å². The molecule has 3 rings (SSSR count). The number of aryl methyl sites for hydroxylation is 2. The first-order valence-corrected chi connectivity index (χ1v) is 12.0. The molecule has 0 spiro atoms. The van der Waals surface area contributed by atoms with E-state index in [0.717, 1.165) is 16.8 Å².